The lowest BCUT2D eigenvalue weighted by Gasteiger charge is -2.47. The van der Waals surface area contributed by atoms with Gasteiger partial charge in [0, 0.05) is 19.3 Å². The summed E-state index contributed by atoms with van der Waals surface area (Å²) in [6, 6.07) is 0.304. The fourth-order valence-corrected chi connectivity index (χ4v) is 2.96. The average molecular weight is 277 g/mol. The molecule has 1 saturated carbocycles. The first kappa shape index (κ1) is 15.1. The van der Waals surface area contributed by atoms with Crippen LogP contribution in [0.5, 0.6) is 0 Å². The minimum atomic E-state index is 0.00228. The minimum Gasteiger partial charge on any atom is -0.349 e. The Kier molecular flexibility index (Phi) is 3.94. The van der Waals surface area contributed by atoms with E-state index in [9.17, 15) is 4.79 Å². The first-order valence-electron chi connectivity index (χ1n) is 7.51. The Hall–Kier alpha value is -1.32. The Morgan fingerprint density at radius 2 is 2.00 bits per heavy atom. The lowest BCUT2D eigenvalue weighted by Crippen LogP contribution is -2.43. The molecule has 1 heterocycles. The molecule has 20 heavy (non-hydrogen) atoms. The molecule has 1 fully saturated rings. The van der Waals surface area contributed by atoms with Gasteiger partial charge in [-0.15, -0.1) is 0 Å². The summed E-state index contributed by atoms with van der Waals surface area (Å²) >= 11 is 0. The van der Waals surface area contributed by atoms with E-state index in [0.29, 0.717) is 22.4 Å². The molecule has 1 aliphatic rings. The van der Waals surface area contributed by atoms with E-state index in [2.05, 4.69) is 38.1 Å². The monoisotopic (exact) mass is 277 g/mol. The van der Waals surface area contributed by atoms with Crippen molar-refractivity contribution in [3.63, 3.8) is 0 Å². The first-order chi connectivity index (χ1) is 9.21. The normalized spacial score (nSPS) is 27.4. The van der Waals surface area contributed by atoms with Crippen molar-refractivity contribution in [3.05, 3.63) is 18.0 Å². The number of carbonyl (C=O) groups excluding carboxylic acids is 1. The zero-order valence-corrected chi connectivity index (χ0v) is 13.4. The van der Waals surface area contributed by atoms with Gasteiger partial charge >= 0.3 is 0 Å². The van der Waals surface area contributed by atoms with Crippen LogP contribution < -0.4 is 5.32 Å². The van der Waals surface area contributed by atoms with Gasteiger partial charge in [0.25, 0.3) is 5.91 Å². The van der Waals surface area contributed by atoms with Crippen molar-refractivity contribution in [2.75, 3.05) is 0 Å². The summed E-state index contributed by atoms with van der Waals surface area (Å²) in [6.45, 7) is 9.34. The van der Waals surface area contributed by atoms with Crippen LogP contribution in [0, 0.1) is 10.8 Å². The Bertz CT molecular complexity index is 476. The topological polar surface area (TPSA) is 46.9 Å². The van der Waals surface area contributed by atoms with E-state index in [4.69, 9.17) is 0 Å². The molecule has 1 aromatic heterocycles. The maximum absolute atomic E-state index is 12.1. The molecule has 2 rings (SSSR count). The smallest absolute Gasteiger partial charge is 0.254 e. The first-order valence-corrected chi connectivity index (χ1v) is 7.51. The quantitative estimate of drug-likeness (QED) is 0.902. The lowest BCUT2D eigenvalue weighted by atomic mass is 9.60. The molecule has 0 spiro atoms. The number of nitrogens with one attached hydrogen (secondary N) is 1. The molecule has 0 saturated heterocycles. The number of aryl methyl sites for hydroxylation is 1. The second-order valence-electron chi connectivity index (χ2n) is 7.46. The van der Waals surface area contributed by atoms with E-state index in [1.807, 2.05) is 7.05 Å². The summed E-state index contributed by atoms with van der Waals surface area (Å²) in [5.74, 6) is 0.00228. The summed E-state index contributed by atoms with van der Waals surface area (Å²) in [7, 11) is 1.83. The zero-order chi connectivity index (χ0) is 15.0. The van der Waals surface area contributed by atoms with Crippen molar-refractivity contribution >= 4 is 5.91 Å². The van der Waals surface area contributed by atoms with Gasteiger partial charge in [-0.3, -0.25) is 9.48 Å². The second kappa shape index (κ2) is 5.23. The van der Waals surface area contributed by atoms with E-state index in [-0.39, 0.29) is 5.91 Å². The molecule has 0 atom stereocenters. The highest BCUT2D eigenvalue weighted by atomic mass is 16.1. The van der Waals surface area contributed by atoms with Crippen molar-refractivity contribution in [3.8, 4) is 0 Å². The van der Waals surface area contributed by atoms with E-state index in [1.165, 1.54) is 12.8 Å². The number of amides is 1. The van der Waals surface area contributed by atoms with Crippen LogP contribution in [0.2, 0.25) is 0 Å². The van der Waals surface area contributed by atoms with Crippen molar-refractivity contribution in [2.24, 2.45) is 17.9 Å². The molecule has 0 radical (unpaired) electrons. The predicted molar refractivity (Wildman–Crippen MR) is 80.5 cm³/mol. The SMILES string of the molecule is Cn1cc(C(=O)NC2CCC(C)(C(C)(C)C)CC2)cn1. The summed E-state index contributed by atoms with van der Waals surface area (Å²) in [6.07, 6.45) is 7.87. The van der Waals surface area contributed by atoms with Gasteiger partial charge < -0.3 is 5.32 Å². The molecule has 0 bridgehead atoms. The minimum absolute atomic E-state index is 0.00228. The van der Waals surface area contributed by atoms with Crippen molar-refractivity contribution < 1.29 is 4.79 Å². The van der Waals surface area contributed by atoms with Gasteiger partial charge in [-0.05, 0) is 36.5 Å². The van der Waals surface area contributed by atoms with Gasteiger partial charge in [0.15, 0.2) is 0 Å². The van der Waals surface area contributed by atoms with Gasteiger partial charge in [0.2, 0.25) is 0 Å². The van der Waals surface area contributed by atoms with Gasteiger partial charge in [-0.25, -0.2) is 0 Å². The van der Waals surface area contributed by atoms with E-state index >= 15 is 0 Å². The summed E-state index contributed by atoms with van der Waals surface area (Å²) in [5, 5.41) is 7.19. The molecule has 1 aromatic rings. The lowest BCUT2D eigenvalue weighted by molar-refractivity contribution is 0.0473. The number of aromatic nitrogens is 2. The molecule has 1 amide bonds. The van der Waals surface area contributed by atoms with Crippen molar-refractivity contribution in [2.45, 2.75) is 59.4 Å². The Morgan fingerprint density at radius 1 is 1.40 bits per heavy atom. The number of hydrogen-bond acceptors (Lipinski definition) is 2. The van der Waals surface area contributed by atoms with Gasteiger partial charge in [-0.2, -0.15) is 5.10 Å². The van der Waals surface area contributed by atoms with Crippen molar-refractivity contribution in [1.29, 1.82) is 0 Å². The van der Waals surface area contributed by atoms with Gasteiger partial charge in [-0.1, -0.05) is 27.7 Å². The molecule has 4 nitrogen and oxygen atoms in total. The highest BCUT2D eigenvalue weighted by Crippen LogP contribution is 2.48. The molecule has 1 aliphatic carbocycles. The van der Waals surface area contributed by atoms with E-state index < -0.39 is 0 Å². The van der Waals surface area contributed by atoms with Crippen molar-refractivity contribution in [1.82, 2.24) is 15.1 Å². The average Bonchev–Trinajstić information content (AvgIpc) is 2.78. The third-order valence-electron chi connectivity index (χ3n) is 5.20. The molecular formula is C16H27N3O. The Balaban J connectivity index is 1.90. The van der Waals surface area contributed by atoms with Crippen LogP contribution >= 0.6 is 0 Å². The molecule has 112 valence electrons. The molecule has 0 aromatic carbocycles. The van der Waals surface area contributed by atoms with Crippen LogP contribution in [-0.2, 0) is 7.05 Å². The molecule has 0 unspecified atom stereocenters. The fraction of sp³-hybridized carbons (Fsp3) is 0.750. The highest BCUT2D eigenvalue weighted by Gasteiger charge is 2.40. The largest absolute Gasteiger partial charge is 0.349 e. The highest BCUT2D eigenvalue weighted by molar-refractivity contribution is 5.93. The molecule has 0 aliphatic heterocycles. The molecule has 4 heteroatoms. The van der Waals surface area contributed by atoms with Gasteiger partial charge in [0.05, 0.1) is 11.8 Å². The molecular weight excluding hydrogens is 250 g/mol. The van der Waals surface area contributed by atoms with E-state index in [0.717, 1.165) is 12.8 Å². The summed E-state index contributed by atoms with van der Waals surface area (Å²) < 4.78 is 1.66. The standard InChI is InChI=1S/C16H27N3O/c1-15(2,3)16(4)8-6-13(7-9-16)18-14(20)12-10-17-19(5)11-12/h10-11,13H,6-9H2,1-5H3,(H,18,20). The third-order valence-corrected chi connectivity index (χ3v) is 5.20. The number of hydrogen-bond donors (Lipinski definition) is 1. The Labute approximate surface area is 121 Å². The number of rotatable bonds is 2. The Morgan fingerprint density at radius 3 is 2.45 bits per heavy atom. The van der Waals surface area contributed by atoms with Crippen LogP contribution in [0.4, 0.5) is 0 Å². The summed E-state index contributed by atoms with van der Waals surface area (Å²) in [4.78, 5) is 12.1. The summed E-state index contributed by atoms with van der Waals surface area (Å²) in [5.41, 5.74) is 1.35. The molecule has 1 N–H and O–H groups in total. The van der Waals surface area contributed by atoms with Crippen LogP contribution in [0.1, 0.15) is 63.7 Å². The fourth-order valence-electron chi connectivity index (χ4n) is 2.96. The number of nitrogens with zero attached hydrogens (tertiary/aromatic N) is 2. The van der Waals surface area contributed by atoms with Crippen LogP contribution in [-0.4, -0.2) is 21.7 Å². The van der Waals surface area contributed by atoms with Crippen LogP contribution in [0.25, 0.3) is 0 Å². The number of carbonyl (C=O) groups is 1. The van der Waals surface area contributed by atoms with Crippen LogP contribution in [0.3, 0.4) is 0 Å². The zero-order valence-electron chi connectivity index (χ0n) is 13.4. The van der Waals surface area contributed by atoms with Crippen LogP contribution in [0.15, 0.2) is 12.4 Å². The maximum atomic E-state index is 12.1. The predicted octanol–water partition coefficient (Wildman–Crippen LogP) is 3.14. The maximum Gasteiger partial charge on any atom is 0.254 e. The van der Waals surface area contributed by atoms with Gasteiger partial charge in [0.1, 0.15) is 0 Å². The van der Waals surface area contributed by atoms with E-state index in [1.54, 1.807) is 17.1 Å². The second-order valence-corrected chi connectivity index (χ2v) is 7.46. The third kappa shape index (κ3) is 3.05.